The minimum absolute atomic E-state index is 0.161. The van der Waals surface area contributed by atoms with Gasteiger partial charge in [-0.15, -0.1) is 0 Å². The van der Waals surface area contributed by atoms with Gasteiger partial charge in [-0.2, -0.15) is 0 Å². The molecule has 2 rings (SSSR count). The standard InChI is InChI=1S/C17H22ClNO/c1-12(7-6-10-19-17(2,3)4)15-11-13-8-5-9-14(18)16(13)20-15/h5,7-9,11,19H,6,10H2,1-4H3/b12-7-. The highest BCUT2D eigenvalue weighted by molar-refractivity contribution is 6.34. The molecule has 0 aliphatic carbocycles. The third kappa shape index (κ3) is 3.87. The van der Waals surface area contributed by atoms with Crippen molar-refractivity contribution in [1.82, 2.24) is 5.32 Å². The molecule has 20 heavy (non-hydrogen) atoms. The van der Waals surface area contributed by atoms with Crippen molar-refractivity contribution >= 4 is 28.1 Å². The van der Waals surface area contributed by atoms with E-state index in [1.165, 1.54) is 0 Å². The Kier molecular flexibility index (Phi) is 4.56. The molecule has 0 bridgehead atoms. The first-order chi connectivity index (χ1) is 9.37. The number of hydrogen-bond acceptors (Lipinski definition) is 2. The largest absolute Gasteiger partial charge is 0.455 e. The van der Waals surface area contributed by atoms with Crippen LogP contribution in [0.1, 0.15) is 39.9 Å². The van der Waals surface area contributed by atoms with Gasteiger partial charge in [-0.3, -0.25) is 0 Å². The zero-order valence-electron chi connectivity index (χ0n) is 12.6. The van der Waals surface area contributed by atoms with E-state index in [1.807, 2.05) is 24.3 Å². The Hall–Kier alpha value is -1.25. The van der Waals surface area contributed by atoms with Gasteiger partial charge in [0.1, 0.15) is 5.76 Å². The van der Waals surface area contributed by atoms with E-state index >= 15 is 0 Å². The maximum Gasteiger partial charge on any atom is 0.153 e. The minimum atomic E-state index is 0.161. The first kappa shape index (κ1) is 15.1. The molecular formula is C17H22ClNO. The second kappa shape index (κ2) is 6.02. The summed E-state index contributed by atoms with van der Waals surface area (Å²) in [5, 5.41) is 5.18. The number of para-hydroxylation sites is 1. The van der Waals surface area contributed by atoms with E-state index in [1.54, 1.807) is 0 Å². The Morgan fingerprint density at radius 1 is 1.35 bits per heavy atom. The predicted octanol–water partition coefficient (Wildman–Crippen LogP) is 5.27. The van der Waals surface area contributed by atoms with Crippen molar-refractivity contribution in [3.05, 3.63) is 41.1 Å². The highest BCUT2D eigenvalue weighted by atomic mass is 35.5. The molecule has 0 aliphatic heterocycles. The van der Waals surface area contributed by atoms with Gasteiger partial charge in [-0.25, -0.2) is 0 Å². The fraction of sp³-hybridized carbons (Fsp3) is 0.412. The van der Waals surface area contributed by atoms with Crippen molar-refractivity contribution in [2.24, 2.45) is 0 Å². The van der Waals surface area contributed by atoms with Crippen LogP contribution < -0.4 is 5.32 Å². The van der Waals surface area contributed by atoms with E-state index in [-0.39, 0.29) is 5.54 Å². The zero-order chi connectivity index (χ0) is 14.8. The molecular weight excluding hydrogens is 270 g/mol. The third-order valence-electron chi connectivity index (χ3n) is 3.13. The Morgan fingerprint density at radius 3 is 2.75 bits per heavy atom. The molecule has 1 aromatic heterocycles. The molecule has 0 saturated carbocycles. The molecule has 1 heterocycles. The number of benzene rings is 1. The van der Waals surface area contributed by atoms with Gasteiger partial charge in [-0.1, -0.05) is 29.8 Å². The van der Waals surface area contributed by atoms with Gasteiger partial charge in [0.15, 0.2) is 5.58 Å². The van der Waals surface area contributed by atoms with E-state index < -0.39 is 0 Å². The quantitative estimate of drug-likeness (QED) is 0.777. The molecule has 2 nitrogen and oxygen atoms in total. The Labute approximate surface area is 125 Å². The number of furan rings is 1. The smallest absolute Gasteiger partial charge is 0.153 e. The van der Waals surface area contributed by atoms with Gasteiger partial charge >= 0.3 is 0 Å². The van der Waals surface area contributed by atoms with Crippen molar-refractivity contribution in [3.8, 4) is 0 Å². The number of nitrogens with one attached hydrogen (secondary N) is 1. The van der Waals surface area contributed by atoms with Gasteiger partial charge in [-0.05, 0) is 58.4 Å². The van der Waals surface area contributed by atoms with E-state index in [4.69, 9.17) is 16.0 Å². The summed E-state index contributed by atoms with van der Waals surface area (Å²) >= 11 is 6.13. The SMILES string of the molecule is C/C(=C/CCNC(C)(C)C)c1cc2cccc(Cl)c2o1. The average molecular weight is 292 g/mol. The summed E-state index contributed by atoms with van der Waals surface area (Å²) < 4.78 is 5.84. The molecule has 1 N–H and O–H groups in total. The number of halogens is 1. The molecule has 0 atom stereocenters. The van der Waals surface area contributed by atoms with Crippen molar-refractivity contribution < 1.29 is 4.42 Å². The maximum absolute atomic E-state index is 6.13. The molecule has 0 amide bonds. The molecule has 3 heteroatoms. The monoisotopic (exact) mass is 291 g/mol. The second-order valence-corrected chi connectivity index (χ2v) is 6.53. The van der Waals surface area contributed by atoms with Crippen LogP contribution in [-0.2, 0) is 0 Å². The highest BCUT2D eigenvalue weighted by Gasteiger charge is 2.09. The van der Waals surface area contributed by atoms with Gasteiger partial charge in [0, 0.05) is 10.9 Å². The Balaban J connectivity index is 2.07. The Morgan fingerprint density at radius 2 is 2.10 bits per heavy atom. The van der Waals surface area contributed by atoms with Crippen LogP contribution in [0, 0.1) is 0 Å². The van der Waals surface area contributed by atoms with Crippen LogP contribution in [0.3, 0.4) is 0 Å². The summed E-state index contributed by atoms with van der Waals surface area (Å²) in [5.74, 6) is 0.892. The summed E-state index contributed by atoms with van der Waals surface area (Å²) in [6, 6.07) is 7.85. The Bertz CT molecular complexity index is 619. The summed E-state index contributed by atoms with van der Waals surface area (Å²) in [4.78, 5) is 0. The van der Waals surface area contributed by atoms with E-state index in [9.17, 15) is 0 Å². The number of hydrogen-bond donors (Lipinski definition) is 1. The number of allylic oxidation sites excluding steroid dienone is 1. The van der Waals surface area contributed by atoms with E-state index in [2.05, 4.69) is 39.1 Å². The summed E-state index contributed by atoms with van der Waals surface area (Å²) in [6.45, 7) is 9.55. The van der Waals surface area contributed by atoms with Crippen LogP contribution in [0.25, 0.3) is 16.5 Å². The van der Waals surface area contributed by atoms with Crippen LogP contribution in [0.15, 0.2) is 34.8 Å². The summed E-state index contributed by atoms with van der Waals surface area (Å²) in [6.07, 6.45) is 3.18. The maximum atomic E-state index is 6.13. The lowest BCUT2D eigenvalue weighted by molar-refractivity contribution is 0.431. The molecule has 2 aromatic rings. The van der Waals surface area contributed by atoms with Crippen molar-refractivity contribution in [3.63, 3.8) is 0 Å². The number of rotatable bonds is 4. The second-order valence-electron chi connectivity index (χ2n) is 6.12. The molecule has 108 valence electrons. The first-order valence-corrected chi connectivity index (χ1v) is 7.35. The lowest BCUT2D eigenvalue weighted by atomic mass is 10.1. The summed E-state index contributed by atoms with van der Waals surface area (Å²) in [5.41, 5.74) is 2.08. The van der Waals surface area contributed by atoms with Crippen LogP contribution >= 0.6 is 11.6 Å². The summed E-state index contributed by atoms with van der Waals surface area (Å²) in [7, 11) is 0. The number of fused-ring (bicyclic) bond motifs is 1. The third-order valence-corrected chi connectivity index (χ3v) is 3.43. The van der Waals surface area contributed by atoms with Crippen molar-refractivity contribution in [1.29, 1.82) is 0 Å². The van der Waals surface area contributed by atoms with Crippen molar-refractivity contribution in [2.75, 3.05) is 6.54 Å². The van der Waals surface area contributed by atoms with E-state index in [0.717, 1.165) is 35.3 Å². The van der Waals surface area contributed by atoms with Crippen LogP contribution in [0.4, 0.5) is 0 Å². The minimum Gasteiger partial charge on any atom is -0.455 e. The van der Waals surface area contributed by atoms with Gasteiger partial charge in [0.2, 0.25) is 0 Å². The molecule has 0 fully saturated rings. The first-order valence-electron chi connectivity index (χ1n) is 6.97. The van der Waals surface area contributed by atoms with Gasteiger partial charge < -0.3 is 9.73 Å². The lowest BCUT2D eigenvalue weighted by Gasteiger charge is -2.19. The van der Waals surface area contributed by atoms with E-state index in [0.29, 0.717) is 5.02 Å². The molecule has 1 aromatic carbocycles. The lowest BCUT2D eigenvalue weighted by Crippen LogP contribution is -2.36. The van der Waals surface area contributed by atoms with Crippen LogP contribution in [0.2, 0.25) is 5.02 Å². The van der Waals surface area contributed by atoms with Crippen LogP contribution in [-0.4, -0.2) is 12.1 Å². The predicted molar refractivity (Wildman–Crippen MR) is 87.2 cm³/mol. The topological polar surface area (TPSA) is 25.2 Å². The average Bonchev–Trinajstić information content (AvgIpc) is 2.79. The molecule has 0 spiro atoms. The van der Waals surface area contributed by atoms with Gasteiger partial charge in [0.05, 0.1) is 5.02 Å². The van der Waals surface area contributed by atoms with Crippen LogP contribution in [0.5, 0.6) is 0 Å². The fourth-order valence-electron chi connectivity index (χ4n) is 2.06. The highest BCUT2D eigenvalue weighted by Crippen LogP contribution is 2.29. The molecule has 0 aliphatic rings. The fourth-order valence-corrected chi connectivity index (χ4v) is 2.28. The zero-order valence-corrected chi connectivity index (χ0v) is 13.3. The normalized spacial score (nSPS) is 13.2. The molecule has 0 saturated heterocycles. The molecule has 0 radical (unpaired) electrons. The van der Waals surface area contributed by atoms with Gasteiger partial charge in [0.25, 0.3) is 0 Å². The molecule has 0 unspecified atom stereocenters. The van der Waals surface area contributed by atoms with Crippen molar-refractivity contribution in [2.45, 2.75) is 39.7 Å².